The van der Waals surface area contributed by atoms with Crippen LogP contribution < -0.4 is 5.32 Å². The second kappa shape index (κ2) is 7.40. The molecule has 2 rings (SSSR count). The van der Waals surface area contributed by atoms with E-state index in [2.05, 4.69) is 31.0 Å². The number of hydrogen-bond acceptors (Lipinski definition) is 4. The Bertz CT molecular complexity index is 308. The van der Waals surface area contributed by atoms with Crippen LogP contribution in [0.25, 0.3) is 0 Å². The first-order chi connectivity index (χ1) is 9.92. The molecular formula is C17H34N2O2. The molecule has 2 heterocycles. The van der Waals surface area contributed by atoms with Gasteiger partial charge in [-0.2, -0.15) is 0 Å². The molecule has 2 fully saturated rings. The Hall–Kier alpha value is -0.160. The number of likely N-dealkylation sites (tertiary alicyclic amines) is 1. The van der Waals surface area contributed by atoms with Crippen molar-refractivity contribution in [2.75, 3.05) is 46.0 Å². The minimum atomic E-state index is 0.167. The monoisotopic (exact) mass is 298 g/mol. The Kier molecular flexibility index (Phi) is 6.06. The molecule has 0 aromatic carbocycles. The molecule has 0 aromatic rings. The van der Waals surface area contributed by atoms with Crippen LogP contribution >= 0.6 is 0 Å². The van der Waals surface area contributed by atoms with Gasteiger partial charge in [0, 0.05) is 45.0 Å². The fourth-order valence-electron chi connectivity index (χ4n) is 3.57. The third-order valence-electron chi connectivity index (χ3n) is 4.97. The third kappa shape index (κ3) is 5.51. The van der Waals surface area contributed by atoms with Gasteiger partial charge in [0.1, 0.15) is 0 Å². The van der Waals surface area contributed by atoms with Crippen molar-refractivity contribution in [1.29, 1.82) is 0 Å². The van der Waals surface area contributed by atoms with Crippen molar-refractivity contribution < 1.29 is 9.84 Å². The standard InChI is InChI=1S/C17H34N2O2/c1-16(2,3)18-13-17(6-9-21-10-7-17)14-19-8-4-5-15(11-19)12-20/h15,18,20H,4-14H2,1-3H3. The lowest BCUT2D eigenvalue weighted by Crippen LogP contribution is -2.52. The normalized spacial score (nSPS) is 27.7. The summed E-state index contributed by atoms with van der Waals surface area (Å²) in [5, 5.41) is 13.1. The van der Waals surface area contributed by atoms with E-state index in [-0.39, 0.29) is 5.54 Å². The van der Waals surface area contributed by atoms with Crippen LogP contribution in [0.5, 0.6) is 0 Å². The first kappa shape index (κ1) is 17.2. The van der Waals surface area contributed by atoms with E-state index in [9.17, 15) is 5.11 Å². The smallest absolute Gasteiger partial charge is 0.0472 e. The molecule has 2 aliphatic heterocycles. The number of hydrogen-bond donors (Lipinski definition) is 2. The first-order valence-electron chi connectivity index (χ1n) is 8.58. The van der Waals surface area contributed by atoms with Gasteiger partial charge in [-0.15, -0.1) is 0 Å². The van der Waals surface area contributed by atoms with Crippen molar-refractivity contribution in [3.05, 3.63) is 0 Å². The number of nitrogens with one attached hydrogen (secondary N) is 1. The molecule has 0 radical (unpaired) electrons. The highest BCUT2D eigenvalue weighted by atomic mass is 16.5. The Morgan fingerprint density at radius 2 is 2.00 bits per heavy atom. The lowest BCUT2D eigenvalue weighted by molar-refractivity contribution is -0.0161. The molecule has 1 atom stereocenters. The molecule has 0 saturated carbocycles. The fourth-order valence-corrected chi connectivity index (χ4v) is 3.57. The van der Waals surface area contributed by atoms with Gasteiger partial charge in [0.05, 0.1) is 0 Å². The van der Waals surface area contributed by atoms with E-state index in [1.165, 1.54) is 19.4 Å². The van der Waals surface area contributed by atoms with Gasteiger partial charge in [0.2, 0.25) is 0 Å². The second-order valence-corrected chi connectivity index (χ2v) is 8.14. The van der Waals surface area contributed by atoms with Gasteiger partial charge in [0.25, 0.3) is 0 Å². The summed E-state index contributed by atoms with van der Waals surface area (Å²) in [7, 11) is 0. The van der Waals surface area contributed by atoms with E-state index in [0.717, 1.165) is 45.7 Å². The van der Waals surface area contributed by atoms with Crippen molar-refractivity contribution in [2.45, 2.75) is 52.0 Å². The van der Waals surface area contributed by atoms with Crippen LogP contribution in [0, 0.1) is 11.3 Å². The molecule has 0 spiro atoms. The van der Waals surface area contributed by atoms with Crippen molar-refractivity contribution in [2.24, 2.45) is 11.3 Å². The summed E-state index contributed by atoms with van der Waals surface area (Å²) < 4.78 is 5.60. The maximum Gasteiger partial charge on any atom is 0.0472 e. The van der Waals surface area contributed by atoms with Gasteiger partial charge >= 0.3 is 0 Å². The summed E-state index contributed by atoms with van der Waals surface area (Å²) in [5.41, 5.74) is 0.504. The van der Waals surface area contributed by atoms with Crippen molar-refractivity contribution >= 4 is 0 Å². The Labute approximate surface area is 130 Å². The van der Waals surface area contributed by atoms with Crippen LogP contribution in [-0.4, -0.2) is 61.5 Å². The van der Waals surface area contributed by atoms with E-state index in [1.54, 1.807) is 0 Å². The summed E-state index contributed by atoms with van der Waals surface area (Å²) in [5.74, 6) is 0.478. The summed E-state index contributed by atoms with van der Waals surface area (Å²) in [6, 6.07) is 0. The SMILES string of the molecule is CC(C)(C)NCC1(CN2CCCC(CO)C2)CCOCC1. The van der Waals surface area contributed by atoms with E-state index >= 15 is 0 Å². The number of aliphatic hydroxyl groups is 1. The van der Waals surface area contributed by atoms with Crippen LogP contribution in [-0.2, 0) is 4.74 Å². The van der Waals surface area contributed by atoms with Crippen LogP contribution in [0.15, 0.2) is 0 Å². The van der Waals surface area contributed by atoms with Gasteiger partial charge in [-0.05, 0) is 64.3 Å². The van der Waals surface area contributed by atoms with E-state index in [4.69, 9.17) is 4.74 Å². The van der Waals surface area contributed by atoms with Gasteiger partial charge < -0.3 is 20.1 Å². The van der Waals surface area contributed by atoms with Crippen LogP contribution in [0.3, 0.4) is 0 Å². The summed E-state index contributed by atoms with van der Waals surface area (Å²) >= 11 is 0. The lowest BCUT2D eigenvalue weighted by Gasteiger charge is -2.44. The second-order valence-electron chi connectivity index (χ2n) is 8.14. The van der Waals surface area contributed by atoms with Crippen molar-refractivity contribution in [3.63, 3.8) is 0 Å². The summed E-state index contributed by atoms with van der Waals surface area (Å²) in [6.07, 6.45) is 4.71. The van der Waals surface area contributed by atoms with E-state index in [0.29, 0.717) is 17.9 Å². The predicted molar refractivity (Wildman–Crippen MR) is 86.5 cm³/mol. The average molecular weight is 298 g/mol. The van der Waals surface area contributed by atoms with Crippen LogP contribution in [0.1, 0.15) is 46.5 Å². The predicted octanol–water partition coefficient (Wildman–Crippen LogP) is 1.88. The van der Waals surface area contributed by atoms with E-state index in [1.807, 2.05) is 0 Å². The topological polar surface area (TPSA) is 44.7 Å². The quantitative estimate of drug-likeness (QED) is 0.813. The fraction of sp³-hybridized carbons (Fsp3) is 1.00. The third-order valence-corrected chi connectivity index (χ3v) is 4.97. The minimum Gasteiger partial charge on any atom is -0.396 e. The minimum absolute atomic E-state index is 0.167. The van der Waals surface area contributed by atoms with Crippen LogP contribution in [0.4, 0.5) is 0 Å². The maximum atomic E-state index is 9.43. The van der Waals surface area contributed by atoms with Gasteiger partial charge in [0.15, 0.2) is 0 Å². The average Bonchev–Trinajstić information content (AvgIpc) is 2.46. The number of rotatable bonds is 5. The zero-order valence-electron chi connectivity index (χ0n) is 14.2. The number of aliphatic hydroxyl groups excluding tert-OH is 1. The molecular weight excluding hydrogens is 264 g/mol. The Morgan fingerprint density at radius 1 is 1.29 bits per heavy atom. The van der Waals surface area contributed by atoms with Gasteiger partial charge in [-0.3, -0.25) is 0 Å². The molecule has 2 saturated heterocycles. The summed E-state index contributed by atoms with van der Waals surface area (Å²) in [6.45, 7) is 13.3. The molecule has 1 unspecified atom stereocenters. The highest BCUT2D eigenvalue weighted by Gasteiger charge is 2.36. The maximum absolute atomic E-state index is 9.43. The molecule has 0 amide bonds. The number of ether oxygens (including phenoxy) is 1. The zero-order valence-corrected chi connectivity index (χ0v) is 14.2. The highest BCUT2D eigenvalue weighted by Crippen LogP contribution is 2.33. The number of piperidine rings is 1. The Morgan fingerprint density at radius 3 is 2.62 bits per heavy atom. The van der Waals surface area contributed by atoms with E-state index < -0.39 is 0 Å². The first-order valence-corrected chi connectivity index (χ1v) is 8.58. The molecule has 4 nitrogen and oxygen atoms in total. The molecule has 124 valence electrons. The molecule has 21 heavy (non-hydrogen) atoms. The molecule has 2 aliphatic rings. The lowest BCUT2D eigenvalue weighted by atomic mass is 9.78. The van der Waals surface area contributed by atoms with Gasteiger partial charge in [-0.25, -0.2) is 0 Å². The largest absolute Gasteiger partial charge is 0.396 e. The highest BCUT2D eigenvalue weighted by molar-refractivity contribution is 4.90. The molecule has 0 aromatic heterocycles. The number of nitrogens with zero attached hydrogens (tertiary/aromatic N) is 1. The van der Waals surface area contributed by atoms with Crippen LogP contribution in [0.2, 0.25) is 0 Å². The molecule has 4 heteroatoms. The molecule has 0 aliphatic carbocycles. The van der Waals surface area contributed by atoms with Crippen molar-refractivity contribution in [1.82, 2.24) is 10.2 Å². The Balaban J connectivity index is 1.95. The van der Waals surface area contributed by atoms with Gasteiger partial charge in [-0.1, -0.05) is 0 Å². The zero-order chi connectivity index (χ0) is 15.3. The molecule has 0 bridgehead atoms. The summed E-state index contributed by atoms with van der Waals surface area (Å²) in [4.78, 5) is 2.58. The molecule has 2 N–H and O–H groups in total. The van der Waals surface area contributed by atoms with Crippen molar-refractivity contribution in [3.8, 4) is 0 Å².